The van der Waals surface area contributed by atoms with Gasteiger partial charge < -0.3 is 21.5 Å². The van der Waals surface area contributed by atoms with Gasteiger partial charge in [0.25, 0.3) is 0 Å². The molecule has 1 aliphatic heterocycles. The van der Waals surface area contributed by atoms with Gasteiger partial charge in [0.1, 0.15) is 0 Å². The van der Waals surface area contributed by atoms with Gasteiger partial charge in [-0.25, -0.2) is 0 Å². The predicted octanol–water partition coefficient (Wildman–Crippen LogP) is -2.05. The second-order valence-corrected chi connectivity index (χ2v) is 3.66. The third-order valence-electron chi connectivity index (χ3n) is 2.50. The molecule has 1 heterocycles. The van der Waals surface area contributed by atoms with E-state index in [-0.39, 0.29) is 36.9 Å². The molecule has 1 fully saturated rings. The Hall–Kier alpha value is -1.14. The first-order chi connectivity index (χ1) is 7.17. The van der Waals surface area contributed by atoms with Crippen LogP contribution in [-0.4, -0.2) is 42.7 Å². The number of nitrogens with one attached hydrogen (secondary N) is 2. The Morgan fingerprint density at radius 1 is 1.73 bits per heavy atom. The van der Waals surface area contributed by atoms with Crippen molar-refractivity contribution in [2.75, 3.05) is 19.7 Å². The average molecular weight is 215 g/mol. The Kier molecular flexibility index (Phi) is 4.51. The van der Waals surface area contributed by atoms with E-state index < -0.39 is 0 Å². The third kappa shape index (κ3) is 3.49. The maximum absolute atomic E-state index is 11.3. The number of aliphatic hydroxyl groups excluding tert-OH is 1. The summed E-state index contributed by atoms with van der Waals surface area (Å²) in [7, 11) is 0. The van der Waals surface area contributed by atoms with Crippen LogP contribution in [0.25, 0.3) is 0 Å². The van der Waals surface area contributed by atoms with Crippen LogP contribution in [-0.2, 0) is 9.59 Å². The summed E-state index contributed by atoms with van der Waals surface area (Å²) < 4.78 is 0. The van der Waals surface area contributed by atoms with Gasteiger partial charge in [-0.3, -0.25) is 9.59 Å². The summed E-state index contributed by atoms with van der Waals surface area (Å²) in [6.07, 6.45) is 1.22. The number of aliphatic hydroxyl groups is 1. The summed E-state index contributed by atoms with van der Waals surface area (Å²) >= 11 is 0. The first kappa shape index (κ1) is 11.9. The van der Waals surface area contributed by atoms with Crippen molar-refractivity contribution in [3.8, 4) is 0 Å². The second-order valence-electron chi connectivity index (χ2n) is 3.66. The minimum absolute atomic E-state index is 0.00422. The van der Waals surface area contributed by atoms with Gasteiger partial charge in [0.15, 0.2) is 0 Å². The minimum Gasteiger partial charge on any atom is -0.394 e. The van der Waals surface area contributed by atoms with E-state index in [1.165, 1.54) is 0 Å². The Morgan fingerprint density at radius 3 is 2.93 bits per heavy atom. The summed E-state index contributed by atoms with van der Waals surface area (Å²) in [5.74, 6) is -0.428. The van der Waals surface area contributed by atoms with E-state index in [2.05, 4.69) is 10.6 Å². The zero-order valence-corrected chi connectivity index (χ0v) is 8.53. The number of hydrogen-bond acceptors (Lipinski definition) is 4. The maximum atomic E-state index is 11.3. The van der Waals surface area contributed by atoms with Gasteiger partial charge in [-0.05, 0) is 12.8 Å². The minimum atomic E-state index is -0.380. The zero-order chi connectivity index (χ0) is 11.3. The quantitative estimate of drug-likeness (QED) is 0.423. The number of nitrogens with two attached hydrogens (primary N) is 1. The summed E-state index contributed by atoms with van der Waals surface area (Å²) in [5.41, 5.74) is 5.14. The molecule has 1 rings (SSSR count). The Labute approximate surface area is 88.2 Å². The van der Waals surface area contributed by atoms with E-state index in [1.54, 1.807) is 0 Å². The number of hydrogen-bond donors (Lipinski definition) is 4. The molecule has 0 radical (unpaired) electrons. The van der Waals surface area contributed by atoms with Crippen LogP contribution < -0.4 is 16.4 Å². The molecular formula is C9H17N3O3. The second kappa shape index (κ2) is 5.67. The highest BCUT2D eigenvalue weighted by Gasteiger charge is 2.27. The molecule has 0 bridgehead atoms. The van der Waals surface area contributed by atoms with Crippen molar-refractivity contribution in [3.05, 3.63) is 0 Å². The molecule has 6 heteroatoms. The van der Waals surface area contributed by atoms with Crippen molar-refractivity contribution in [2.24, 2.45) is 11.7 Å². The van der Waals surface area contributed by atoms with Gasteiger partial charge >= 0.3 is 0 Å². The molecule has 1 aliphatic rings. The van der Waals surface area contributed by atoms with E-state index in [9.17, 15) is 9.59 Å². The van der Waals surface area contributed by atoms with E-state index in [1.807, 2.05) is 0 Å². The fourth-order valence-electron chi connectivity index (χ4n) is 1.68. The molecule has 5 N–H and O–H groups in total. The number of rotatable bonds is 5. The fourth-order valence-corrected chi connectivity index (χ4v) is 1.68. The van der Waals surface area contributed by atoms with Crippen LogP contribution in [0, 0.1) is 5.92 Å². The normalized spacial score (nSPS) is 22.3. The molecular weight excluding hydrogens is 198 g/mol. The highest BCUT2D eigenvalue weighted by atomic mass is 16.3. The fraction of sp³-hybridized carbons (Fsp3) is 0.778. The molecule has 6 nitrogen and oxygen atoms in total. The summed E-state index contributed by atoms with van der Waals surface area (Å²) in [4.78, 5) is 22.2. The van der Waals surface area contributed by atoms with Crippen molar-refractivity contribution < 1.29 is 14.7 Å². The lowest BCUT2D eigenvalue weighted by Gasteiger charge is -2.18. The van der Waals surface area contributed by atoms with Crippen LogP contribution >= 0.6 is 0 Å². The number of carbonyl (C=O) groups is 2. The van der Waals surface area contributed by atoms with Gasteiger partial charge in [-0.1, -0.05) is 0 Å². The molecule has 0 aromatic rings. The van der Waals surface area contributed by atoms with Gasteiger partial charge in [-0.15, -0.1) is 0 Å². The number of amides is 2. The molecule has 0 spiro atoms. The third-order valence-corrected chi connectivity index (χ3v) is 2.50. The van der Waals surface area contributed by atoms with Crippen LogP contribution in [0.5, 0.6) is 0 Å². The van der Waals surface area contributed by atoms with Crippen molar-refractivity contribution in [3.63, 3.8) is 0 Å². The van der Waals surface area contributed by atoms with Crippen molar-refractivity contribution in [2.45, 2.75) is 18.9 Å². The van der Waals surface area contributed by atoms with Crippen LogP contribution in [0.4, 0.5) is 0 Å². The molecule has 86 valence electrons. The smallest absolute Gasteiger partial charge is 0.234 e. The first-order valence-electron chi connectivity index (χ1n) is 5.05. The lowest BCUT2D eigenvalue weighted by atomic mass is 9.99. The van der Waals surface area contributed by atoms with Gasteiger partial charge in [0.05, 0.1) is 19.2 Å². The van der Waals surface area contributed by atoms with Crippen LogP contribution in [0.3, 0.4) is 0 Å². The molecule has 0 unspecified atom stereocenters. The standard InChI is InChI=1S/C9H17N3O3/c10-4-8(14)12-7(5-13)3-6-1-2-11-9(6)15/h6-7,13H,1-5,10H2,(H,11,15)(H,12,14)/t6-,7-/m0/s1. The van der Waals surface area contributed by atoms with Crippen molar-refractivity contribution >= 4 is 11.8 Å². The van der Waals surface area contributed by atoms with Crippen LogP contribution in [0.2, 0.25) is 0 Å². The highest BCUT2D eigenvalue weighted by molar-refractivity contribution is 5.81. The molecule has 0 aliphatic carbocycles. The largest absolute Gasteiger partial charge is 0.394 e. The zero-order valence-electron chi connectivity index (χ0n) is 8.53. The topological polar surface area (TPSA) is 104 Å². The predicted molar refractivity (Wildman–Crippen MR) is 53.8 cm³/mol. The molecule has 0 saturated carbocycles. The van der Waals surface area contributed by atoms with Gasteiger partial charge in [0.2, 0.25) is 11.8 Å². The Morgan fingerprint density at radius 2 is 2.47 bits per heavy atom. The molecule has 2 atom stereocenters. The van der Waals surface area contributed by atoms with E-state index in [4.69, 9.17) is 10.8 Å². The Bertz CT molecular complexity index is 245. The molecule has 0 aromatic carbocycles. The summed E-state index contributed by atoms with van der Waals surface area (Å²) in [5, 5.41) is 14.3. The van der Waals surface area contributed by atoms with Crippen molar-refractivity contribution in [1.29, 1.82) is 0 Å². The highest BCUT2D eigenvalue weighted by Crippen LogP contribution is 2.15. The molecule has 2 amide bonds. The van der Waals surface area contributed by atoms with Crippen LogP contribution in [0.1, 0.15) is 12.8 Å². The van der Waals surface area contributed by atoms with E-state index in [0.717, 1.165) is 6.42 Å². The van der Waals surface area contributed by atoms with E-state index in [0.29, 0.717) is 13.0 Å². The number of carbonyl (C=O) groups excluding carboxylic acids is 2. The summed E-state index contributed by atoms with van der Waals surface area (Å²) in [6, 6.07) is -0.380. The van der Waals surface area contributed by atoms with E-state index >= 15 is 0 Å². The SMILES string of the molecule is NCC(=O)N[C@H](CO)C[C@@H]1CCNC1=O. The average Bonchev–Trinajstić information content (AvgIpc) is 2.63. The molecule has 15 heavy (non-hydrogen) atoms. The monoisotopic (exact) mass is 215 g/mol. The maximum Gasteiger partial charge on any atom is 0.234 e. The van der Waals surface area contributed by atoms with Gasteiger partial charge in [0, 0.05) is 12.5 Å². The lowest BCUT2D eigenvalue weighted by Crippen LogP contribution is -2.42. The Balaban J connectivity index is 2.38. The molecule has 1 saturated heterocycles. The first-order valence-corrected chi connectivity index (χ1v) is 5.05. The summed E-state index contributed by atoms with van der Waals surface area (Å²) in [6.45, 7) is 0.398. The van der Waals surface area contributed by atoms with Crippen LogP contribution in [0.15, 0.2) is 0 Å². The lowest BCUT2D eigenvalue weighted by molar-refractivity contribution is -0.124. The molecule has 0 aromatic heterocycles. The van der Waals surface area contributed by atoms with Gasteiger partial charge in [-0.2, -0.15) is 0 Å². The van der Waals surface area contributed by atoms with Crippen molar-refractivity contribution in [1.82, 2.24) is 10.6 Å².